The smallest absolute Gasteiger partial charge is 0.119 e. The average molecular weight is 200 g/mol. The number of rotatable bonds is 6. The molecule has 0 aliphatic heterocycles. The van der Waals surface area contributed by atoms with Crippen LogP contribution in [0.5, 0.6) is 0 Å². The number of thiazole rings is 1. The molecule has 0 spiro atoms. The summed E-state index contributed by atoms with van der Waals surface area (Å²) in [6.07, 6.45) is 0. The Labute approximate surface area is 83.1 Å². The molecule has 0 amide bonds. The molecule has 0 aliphatic carbocycles. The number of aromatic nitrogens is 1. The van der Waals surface area contributed by atoms with Gasteiger partial charge in [0.25, 0.3) is 0 Å². The SMILES string of the molecule is CCNCc1csc(COCC)n1. The molecule has 0 fully saturated rings. The first-order valence-electron chi connectivity index (χ1n) is 4.58. The van der Waals surface area contributed by atoms with Gasteiger partial charge < -0.3 is 10.1 Å². The molecule has 0 aliphatic rings. The summed E-state index contributed by atoms with van der Waals surface area (Å²) in [5.74, 6) is 0. The predicted octanol–water partition coefficient (Wildman–Crippen LogP) is 1.79. The van der Waals surface area contributed by atoms with Gasteiger partial charge in [0.2, 0.25) is 0 Å². The molecule has 0 saturated carbocycles. The highest BCUT2D eigenvalue weighted by atomic mass is 32.1. The summed E-state index contributed by atoms with van der Waals surface area (Å²) >= 11 is 1.66. The van der Waals surface area contributed by atoms with Gasteiger partial charge in [0.15, 0.2) is 0 Å². The van der Waals surface area contributed by atoms with Crippen LogP contribution in [0.3, 0.4) is 0 Å². The van der Waals surface area contributed by atoms with E-state index in [1.165, 1.54) is 0 Å². The van der Waals surface area contributed by atoms with Crippen LogP contribution in [0.15, 0.2) is 5.38 Å². The third-order valence-electron chi connectivity index (χ3n) is 1.59. The zero-order valence-electron chi connectivity index (χ0n) is 8.17. The maximum absolute atomic E-state index is 5.26. The van der Waals surface area contributed by atoms with Gasteiger partial charge in [0.05, 0.1) is 12.3 Å². The lowest BCUT2D eigenvalue weighted by atomic mass is 10.5. The summed E-state index contributed by atoms with van der Waals surface area (Å²) in [6.45, 7) is 7.33. The van der Waals surface area contributed by atoms with Crippen molar-refractivity contribution in [2.45, 2.75) is 27.0 Å². The standard InChI is InChI=1S/C9H16N2OS/c1-3-10-5-8-7-13-9(11-8)6-12-4-2/h7,10H,3-6H2,1-2H3. The summed E-state index contributed by atoms with van der Waals surface area (Å²) in [4.78, 5) is 4.42. The van der Waals surface area contributed by atoms with Crippen molar-refractivity contribution in [3.05, 3.63) is 16.1 Å². The van der Waals surface area contributed by atoms with E-state index < -0.39 is 0 Å². The minimum Gasteiger partial charge on any atom is -0.375 e. The number of hydrogen-bond donors (Lipinski definition) is 1. The lowest BCUT2D eigenvalue weighted by Crippen LogP contribution is -2.11. The second-order valence-corrected chi connectivity index (χ2v) is 3.59. The van der Waals surface area contributed by atoms with Gasteiger partial charge in [0.1, 0.15) is 5.01 Å². The molecule has 1 aromatic rings. The molecule has 1 aromatic heterocycles. The highest BCUT2D eigenvalue weighted by Crippen LogP contribution is 2.10. The van der Waals surface area contributed by atoms with Crippen molar-refractivity contribution in [2.75, 3.05) is 13.2 Å². The molecule has 0 atom stereocenters. The number of nitrogens with zero attached hydrogens (tertiary/aromatic N) is 1. The van der Waals surface area contributed by atoms with Crippen molar-refractivity contribution in [1.29, 1.82) is 0 Å². The number of hydrogen-bond acceptors (Lipinski definition) is 4. The van der Waals surface area contributed by atoms with Crippen LogP contribution >= 0.6 is 11.3 Å². The average Bonchev–Trinajstić information content (AvgIpc) is 2.59. The molecule has 4 heteroatoms. The van der Waals surface area contributed by atoms with E-state index in [-0.39, 0.29) is 0 Å². The summed E-state index contributed by atoms with van der Waals surface area (Å²) in [7, 11) is 0. The third-order valence-corrected chi connectivity index (χ3v) is 2.46. The van der Waals surface area contributed by atoms with E-state index >= 15 is 0 Å². The molecule has 0 aromatic carbocycles. The van der Waals surface area contributed by atoms with Gasteiger partial charge in [-0.3, -0.25) is 0 Å². The van der Waals surface area contributed by atoms with Gasteiger partial charge in [-0.15, -0.1) is 11.3 Å². The fourth-order valence-corrected chi connectivity index (χ4v) is 1.67. The van der Waals surface area contributed by atoms with Gasteiger partial charge >= 0.3 is 0 Å². The van der Waals surface area contributed by atoms with Crippen LogP contribution in [0.4, 0.5) is 0 Å². The Balaban J connectivity index is 2.34. The summed E-state index contributed by atoms with van der Waals surface area (Å²) in [6, 6.07) is 0. The van der Waals surface area contributed by atoms with E-state index in [4.69, 9.17) is 4.74 Å². The first kappa shape index (κ1) is 10.6. The first-order chi connectivity index (χ1) is 6.36. The highest BCUT2D eigenvalue weighted by Gasteiger charge is 2.00. The maximum atomic E-state index is 5.26. The van der Waals surface area contributed by atoms with Crippen LogP contribution in [0, 0.1) is 0 Å². The molecule has 0 saturated heterocycles. The molecular weight excluding hydrogens is 184 g/mol. The van der Waals surface area contributed by atoms with Crippen molar-refractivity contribution in [3.63, 3.8) is 0 Å². The zero-order chi connectivity index (χ0) is 9.52. The Morgan fingerprint density at radius 1 is 1.54 bits per heavy atom. The summed E-state index contributed by atoms with van der Waals surface area (Å²) < 4.78 is 5.26. The van der Waals surface area contributed by atoms with E-state index in [2.05, 4.69) is 22.6 Å². The number of nitrogens with one attached hydrogen (secondary N) is 1. The normalized spacial score (nSPS) is 10.6. The van der Waals surface area contributed by atoms with Crippen LogP contribution in [0.1, 0.15) is 24.5 Å². The van der Waals surface area contributed by atoms with E-state index in [1.54, 1.807) is 11.3 Å². The fourth-order valence-electron chi connectivity index (χ4n) is 0.939. The van der Waals surface area contributed by atoms with Crippen molar-refractivity contribution < 1.29 is 4.74 Å². The van der Waals surface area contributed by atoms with Crippen molar-refractivity contribution in [3.8, 4) is 0 Å². The molecule has 0 radical (unpaired) electrons. The molecule has 13 heavy (non-hydrogen) atoms. The van der Waals surface area contributed by atoms with Crippen LogP contribution in [0.2, 0.25) is 0 Å². The van der Waals surface area contributed by atoms with Gasteiger partial charge in [-0.25, -0.2) is 4.98 Å². The van der Waals surface area contributed by atoms with Crippen LogP contribution in [-0.4, -0.2) is 18.1 Å². The molecule has 3 nitrogen and oxygen atoms in total. The molecule has 74 valence electrons. The van der Waals surface area contributed by atoms with Crippen LogP contribution in [-0.2, 0) is 17.9 Å². The quantitative estimate of drug-likeness (QED) is 0.760. The lowest BCUT2D eigenvalue weighted by molar-refractivity contribution is 0.133. The topological polar surface area (TPSA) is 34.1 Å². The number of ether oxygens (including phenoxy) is 1. The lowest BCUT2D eigenvalue weighted by Gasteiger charge is -1.96. The Morgan fingerprint density at radius 3 is 3.08 bits per heavy atom. The van der Waals surface area contributed by atoms with Crippen LogP contribution < -0.4 is 5.32 Å². The Hall–Kier alpha value is -0.450. The molecule has 1 rings (SSSR count). The monoisotopic (exact) mass is 200 g/mol. The second-order valence-electron chi connectivity index (χ2n) is 2.65. The third kappa shape index (κ3) is 3.85. The molecule has 0 bridgehead atoms. The van der Waals surface area contributed by atoms with Crippen molar-refractivity contribution in [1.82, 2.24) is 10.3 Å². The van der Waals surface area contributed by atoms with Gasteiger partial charge in [-0.05, 0) is 13.5 Å². The Kier molecular flexibility index (Phi) is 4.97. The van der Waals surface area contributed by atoms with E-state index in [9.17, 15) is 0 Å². The Bertz CT molecular complexity index is 215. The second kappa shape index (κ2) is 6.07. The minimum atomic E-state index is 0.646. The maximum Gasteiger partial charge on any atom is 0.119 e. The highest BCUT2D eigenvalue weighted by molar-refractivity contribution is 7.09. The molecule has 1 N–H and O–H groups in total. The summed E-state index contributed by atoms with van der Waals surface area (Å²) in [5.41, 5.74) is 1.11. The first-order valence-corrected chi connectivity index (χ1v) is 5.46. The zero-order valence-corrected chi connectivity index (χ0v) is 8.99. The predicted molar refractivity (Wildman–Crippen MR) is 54.8 cm³/mol. The van der Waals surface area contributed by atoms with Gasteiger partial charge in [0, 0.05) is 18.5 Å². The molecular formula is C9H16N2OS. The fraction of sp³-hybridized carbons (Fsp3) is 0.667. The summed E-state index contributed by atoms with van der Waals surface area (Å²) in [5, 5.41) is 6.38. The van der Waals surface area contributed by atoms with Gasteiger partial charge in [-0.2, -0.15) is 0 Å². The minimum absolute atomic E-state index is 0.646. The van der Waals surface area contributed by atoms with E-state index in [0.29, 0.717) is 6.61 Å². The molecule has 0 unspecified atom stereocenters. The van der Waals surface area contributed by atoms with Gasteiger partial charge in [-0.1, -0.05) is 6.92 Å². The largest absolute Gasteiger partial charge is 0.375 e. The van der Waals surface area contributed by atoms with Crippen LogP contribution in [0.25, 0.3) is 0 Å². The van der Waals surface area contributed by atoms with Crippen molar-refractivity contribution >= 4 is 11.3 Å². The Morgan fingerprint density at radius 2 is 2.38 bits per heavy atom. The van der Waals surface area contributed by atoms with Crippen molar-refractivity contribution in [2.24, 2.45) is 0 Å². The van der Waals surface area contributed by atoms with E-state index in [0.717, 1.165) is 30.4 Å². The van der Waals surface area contributed by atoms with E-state index in [1.807, 2.05) is 6.92 Å². The molecule has 1 heterocycles.